The summed E-state index contributed by atoms with van der Waals surface area (Å²) in [6.07, 6.45) is 3.19. The zero-order chi connectivity index (χ0) is 11.7. The van der Waals surface area contributed by atoms with E-state index in [2.05, 4.69) is 5.32 Å². The van der Waals surface area contributed by atoms with Gasteiger partial charge in [-0.15, -0.1) is 0 Å². The third-order valence-corrected chi connectivity index (χ3v) is 3.40. The van der Waals surface area contributed by atoms with Gasteiger partial charge >= 0.3 is 0 Å². The third kappa shape index (κ3) is 2.03. The molecule has 1 aliphatic carbocycles. The van der Waals surface area contributed by atoms with E-state index in [-0.39, 0.29) is 11.8 Å². The SMILES string of the molecule is Cc1cc(N)c(NC(=O)C2CCC2)cc1C. The zero-order valence-electron chi connectivity index (χ0n) is 9.84. The van der Waals surface area contributed by atoms with Crippen LogP contribution in [0.15, 0.2) is 12.1 Å². The second-order valence-corrected chi connectivity index (χ2v) is 4.64. The van der Waals surface area contributed by atoms with Crippen LogP contribution in [0.4, 0.5) is 11.4 Å². The van der Waals surface area contributed by atoms with Gasteiger partial charge in [0.25, 0.3) is 0 Å². The fourth-order valence-electron chi connectivity index (χ4n) is 1.85. The maximum atomic E-state index is 11.8. The van der Waals surface area contributed by atoms with Gasteiger partial charge in [0.15, 0.2) is 0 Å². The van der Waals surface area contributed by atoms with Crippen LogP contribution < -0.4 is 11.1 Å². The van der Waals surface area contributed by atoms with Crippen LogP contribution in [-0.2, 0) is 4.79 Å². The average Bonchev–Trinajstić information content (AvgIpc) is 2.11. The van der Waals surface area contributed by atoms with E-state index in [0.717, 1.165) is 29.7 Å². The Labute approximate surface area is 96.0 Å². The Kier molecular flexibility index (Phi) is 2.86. The van der Waals surface area contributed by atoms with Crippen molar-refractivity contribution >= 4 is 17.3 Å². The van der Waals surface area contributed by atoms with Gasteiger partial charge in [0, 0.05) is 5.92 Å². The molecule has 0 atom stereocenters. The number of rotatable bonds is 2. The van der Waals surface area contributed by atoms with Crippen LogP contribution in [0.5, 0.6) is 0 Å². The molecule has 0 saturated heterocycles. The van der Waals surface area contributed by atoms with Gasteiger partial charge in [0.2, 0.25) is 5.91 Å². The smallest absolute Gasteiger partial charge is 0.227 e. The van der Waals surface area contributed by atoms with Crippen LogP contribution in [0, 0.1) is 19.8 Å². The normalized spacial score (nSPS) is 15.6. The maximum absolute atomic E-state index is 11.8. The summed E-state index contributed by atoms with van der Waals surface area (Å²) < 4.78 is 0. The van der Waals surface area contributed by atoms with Crippen molar-refractivity contribution in [1.29, 1.82) is 0 Å². The molecule has 0 spiro atoms. The minimum absolute atomic E-state index is 0.112. The number of nitrogens with two attached hydrogens (primary N) is 1. The molecule has 3 heteroatoms. The molecule has 3 nitrogen and oxygen atoms in total. The van der Waals surface area contributed by atoms with Crippen molar-refractivity contribution in [2.45, 2.75) is 33.1 Å². The molecule has 1 fully saturated rings. The quantitative estimate of drug-likeness (QED) is 0.750. The molecule has 2 rings (SSSR count). The molecule has 0 aliphatic heterocycles. The van der Waals surface area contributed by atoms with Gasteiger partial charge in [0.05, 0.1) is 11.4 Å². The van der Waals surface area contributed by atoms with Gasteiger partial charge in [-0.3, -0.25) is 4.79 Å². The summed E-state index contributed by atoms with van der Waals surface area (Å²) in [6.45, 7) is 4.04. The molecule has 1 aromatic carbocycles. The lowest BCUT2D eigenvalue weighted by Crippen LogP contribution is -2.28. The van der Waals surface area contributed by atoms with Crippen molar-refractivity contribution in [3.8, 4) is 0 Å². The summed E-state index contributed by atoms with van der Waals surface area (Å²) in [7, 11) is 0. The Hall–Kier alpha value is -1.51. The molecule has 0 heterocycles. The van der Waals surface area contributed by atoms with Gasteiger partial charge in [-0.25, -0.2) is 0 Å². The summed E-state index contributed by atoms with van der Waals surface area (Å²) in [5.41, 5.74) is 9.59. The number of nitrogens with one attached hydrogen (secondary N) is 1. The molecule has 0 aromatic heterocycles. The van der Waals surface area contributed by atoms with E-state index >= 15 is 0 Å². The number of anilines is 2. The third-order valence-electron chi connectivity index (χ3n) is 3.40. The number of carbonyl (C=O) groups is 1. The first-order valence-corrected chi connectivity index (χ1v) is 5.75. The highest BCUT2D eigenvalue weighted by Crippen LogP contribution is 2.29. The van der Waals surface area contributed by atoms with E-state index in [0.29, 0.717) is 5.69 Å². The molecule has 3 N–H and O–H groups in total. The Morgan fingerprint density at radius 1 is 1.31 bits per heavy atom. The van der Waals surface area contributed by atoms with Crippen molar-refractivity contribution in [1.82, 2.24) is 0 Å². The largest absolute Gasteiger partial charge is 0.397 e. The lowest BCUT2D eigenvalue weighted by molar-refractivity contribution is -0.122. The summed E-state index contributed by atoms with van der Waals surface area (Å²) in [5.74, 6) is 0.308. The number of hydrogen-bond acceptors (Lipinski definition) is 2. The molecule has 1 saturated carbocycles. The van der Waals surface area contributed by atoms with E-state index < -0.39 is 0 Å². The molecule has 16 heavy (non-hydrogen) atoms. The fourth-order valence-corrected chi connectivity index (χ4v) is 1.85. The topological polar surface area (TPSA) is 55.1 Å². The van der Waals surface area contributed by atoms with Crippen LogP contribution in [-0.4, -0.2) is 5.91 Å². The van der Waals surface area contributed by atoms with Gasteiger partial charge in [-0.05, 0) is 49.9 Å². The molecule has 86 valence electrons. The predicted molar refractivity (Wildman–Crippen MR) is 66.3 cm³/mol. The average molecular weight is 218 g/mol. The highest BCUT2D eigenvalue weighted by molar-refractivity contribution is 5.96. The van der Waals surface area contributed by atoms with Crippen LogP contribution in [0.25, 0.3) is 0 Å². The molecule has 1 aliphatic rings. The van der Waals surface area contributed by atoms with Crippen molar-refractivity contribution in [2.75, 3.05) is 11.1 Å². The minimum Gasteiger partial charge on any atom is -0.397 e. The van der Waals surface area contributed by atoms with Gasteiger partial charge in [-0.1, -0.05) is 6.42 Å². The Bertz CT molecular complexity index is 422. The van der Waals surface area contributed by atoms with E-state index in [4.69, 9.17) is 5.73 Å². The number of benzene rings is 1. The first kappa shape index (κ1) is 11.0. The Morgan fingerprint density at radius 3 is 2.50 bits per heavy atom. The second-order valence-electron chi connectivity index (χ2n) is 4.64. The second kappa shape index (κ2) is 4.16. The predicted octanol–water partition coefficient (Wildman–Crippen LogP) is 2.62. The van der Waals surface area contributed by atoms with Gasteiger partial charge in [-0.2, -0.15) is 0 Å². The van der Waals surface area contributed by atoms with Crippen molar-refractivity contribution in [3.05, 3.63) is 23.3 Å². The number of amides is 1. The monoisotopic (exact) mass is 218 g/mol. The van der Waals surface area contributed by atoms with Crippen LogP contribution in [0.2, 0.25) is 0 Å². The van der Waals surface area contributed by atoms with Crippen LogP contribution in [0.1, 0.15) is 30.4 Å². The number of aryl methyl sites for hydroxylation is 2. The van der Waals surface area contributed by atoms with Crippen molar-refractivity contribution < 1.29 is 4.79 Å². The van der Waals surface area contributed by atoms with Gasteiger partial charge < -0.3 is 11.1 Å². The molecule has 1 amide bonds. The summed E-state index contributed by atoms with van der Waals surface area (Å²) >= 11 is 0. The van der Waals surface area contributed by atoms with E-state index in [1.165, 1.54) is 6.42 Å². The molecular formula is C13H18N2O. The Balaban J connectivity index is 2.14. The van der Waals surface area contributed by atoms with Crippen LogP contribution >= 0.6 is 0 Å². The zero-order valence-corrected chi connectivity index (χ0v) is 9.84. The Morgan fingerprint density at radius 2 is 1.94 bits per heavy atom. The summed E-state index contributed by atoms with van der Waals surface area (Å²) in [6, 6.07) is 3.85. The number of nitrogen functional groups attached to an aromatic ring is 1. The highest BCUT2D eigenvalue weighted by Gasteiger charge is 2.25. The van der Waals surface area contributed by atoms with E-state index in [9.17, 15) is 4.79 Å². The van der Waals surface area contributed by atoms with Crippen molar-refractivity contribution in [3.63, 3.8) is 0 Å². The fraction of sp³-hybridized carbons (Fsp3) is 0.462. The number of hydrogen-bond donors (Lipinski definition) is 2. The minimum atomic E-state index is 0.112. The summed E-state index contributed by atoms with van der Waals surface area (Å²) in [5, 5.41) is 2.92. The molecule has 0 bridgehead atoms. The first-order valence-electron chi connectivity index (χ1n) is 5.75. The lowest BCUT2D eigenvalue weighted by atomic mass is 9.85. The lowest BCUT2D eigenvalue weighted by Gasteiger charge is -2.24. The van der Waals surface area contributed by atoms with E-state index in [1.807, 2.05) is 26.0 Å². The molecule has 0 radical (unpaired) electrons. The van der Waals surface area contributed by atoms with Crippen molar-refractivity contribution in [2.24, 2.45) is 5.92 Å². The number of carbonyl (C=O) groups excluding carboxylic acids is 1. The van der Waals surface area contributed by atoms with Crippen LogP contribution in [0.3, 0.4) is 0 Å². The first-order chi connectivity index (χ1) is 7.58. The highest BCUT2D eigenvalue weighted by atomic mass is 16.1. The molecular weight excluding hydrogens is 200 g/mol. The molecule has 0 unspecified atom stereocenters. The maximum Gasteiger partial charge on any atom is 0.227 e. The standard InChI is InChI=1S/C13H18N2O/c1-8-6-11(14)12(7-9(8)2)15-13(16)10-4-3-5-10/h6-7,10H,3-5,14H2,1-2H3,(H,15,16). The summed E-state index contributed by atoms with van der Waals surface area (Å²) in [4.78, 5) is 11.8. The van der Waals surface area contributed by atoms with Gasteiger partial charge in [0.1, 0.15) is 0 Å². The van der Waals surface area contributed by atoms with E-state index in [1.54, 1.807) is 0 Å². The molecule has 1 aromatic rings.